The molecule has 11 heteroatoms. The molecule has 0 fully saturated rings. The molecule has 134 valence electrons. The quantitative estimate of drug-likeness (QED) is 0.449. The molecule has 1 aromatic rings. The zero-order valence-electron chi connectivity index (χ0n) is 11.7. The topological polar surface area (TPSA) is 52.6 Å². The zero-order valence-corrected chi connectivity index (χ0v) is 12.5. The summed E-state index contributed by atoms with van der Waals surface area (Å²) < 4.78 is 102. The van der Waals surface area contributed by atoms with Gasteiger partial charge in [0.25, 0.3) is 0 Å². The minimum absolute atomic E-state index is 0.0409. The molecule has 0 saturated heterocycles. The van der Waals surface area contributed by atoms with E-state index in [9.17, 15) is 34.8 Å². The molecule has 1 aliphatic carbocycles. The van der Waals surface area contributed by atoms with E-state index < -0.39 is 33.7 Å². The first-order valence-electron chi connectivity index (χ1n) is 6.44. The van der Waals surface area contributed by atoms with Gasteiger partial charge >= 0.3 is 22.0 Å². The van der Waals surface area contributed by atoms with Crippen LogP contribution in [0.5, 0.6) is 5.75 Å². The van der Waals surface area contributed by atoms with Crippen LogP contribution in [0, 0.1) is 0 Å². The maximum atomic E-state index is 12.2. The van der Waals surface area contributed by atoms with Crippen molar-refractivity contribution in [3.8, 4) is 5.75 Å². The van der Waals surface area contributed by atoms with Gasteiger partial charge in [-0.15, -0.1) is 13.2 Å². The van der Waals surface area contributed by atoms with Gasteiger partial charge in [-0.2, -0.15) is 21.6 Å². The number of ether oxygens (including phenoxy) is 1. The third-order valence-corrected chi connectivity index (χ3v) is 4.13. The Morgan fingerprint density at radius 3 is 2.08 bits per heavy atom. The van der Waals surface area contributed by atoms with E-state index in [0.717, 1.165) is 12.1 Å². The fourth-order valence-corrected chi connectivity index (χ4v) is 2.64. The monoisotopic (exact) mass is 376 g/mol. The first-order valence-corrected chi connectivity index (χ1v) is 7.85. The minimum Gasteiger partial charge on any atom is -0.406 e. The Hall–Kier alpha value is -1.91. The second kappa shape index (κ2) is 6.19. The smallest absolute Gasteiger partial charge is 0.406 e. The number of benzene rings is 1. The van der Waals surface area contributed by atoms with Crippen molar-refractivity contribution < 1.29 is 43.7 Å². The van der Waals surface area contributed by atoms with Gasteiger partial charge in [0.15, 0.2) is 0 Å². The highest BCUT2D eigenvalue weighted by atomic mass is 32.2. The van der Waals surface area contributed by atoms with E-state index in [1.54, 1.807) is 0 Å². The van der Waals surface area contributed by atoms with E-state index in [-0.39, 0.29) is 18.6 Å². The van der Waals surface area contributed by atoms with Crippen molar-refractivity contribution in [1.82, 2.24) is 0 Å². The Balaban J connectivity index is 2.08. The Morgan fingerprint density at radius 2 is 1.58 bits per heavy atom. The van der Waals surface area contributed by atoms with Gasteiger partial charge < -0.3 is 8.92 Å². The summed E-state index contributed by atoms with van der Waals surface area (Å²) in [5, 5.41) is 0. The summed E-state index contributed by atoms with van der Waals surface area (Å²) in [5.41, 5.74) is -5.03. The molecule has 0 bridgehead atoms. The largest absolute Gasteiger partial charge is 0.573 e. The van der Waals surface area contributed by atoms with Crippen LogP contribution in [0.15, 0.2) is 36.1 Å². The Kier molecular flexibility index (Phi) is 4.75. The summed E-state index contributed by atoms with van der Waals surface area (Å²) >= 11 is 0. The second-order valence-electron chi connectivity index (χ2n) is 4.88. The van der Waals surface area contributed by atoms with Crippen LogP contribution in [-0.2, 0) is 14.3 Å². The summed E-state index contributed by atoms with van der Waals surface area (Å²) in [6.45, 7) is 0. The molecule has 0 heterocycles. The number of rotatable bonds is 4. The van der Waals surface area contributed by atoms with Crippen molar-refractivity contribution in [3.63, 3.8) is 0 Å². The molecule has 1 aromatic carbocycles. The molecule has 0 aromatic heterocycles. The molecule has 0 saturated carbocycles. The highest BCUT2D eigenvalue weighted by Crippen LogP contribution is 2.37. The van der Waals surface area contributed by atoms with Gasteiger partial charge in [0.1, 0.15) is 11.5 Å². The molecule has 4 nitrogen and oxygen atoms in total. The average Bonchev–Trinajstić information content (AvgIpc) is 2.84. The lowest BCUT2D eigenvalue weighted by Crippen LogP contribution is -2.25. The molecule has 0 N–H and O–H groups in total. The van der Waals surface area contributed by atoms with E-state index in [1.165, 1.54) is 18.2 Å². The summed E-state index contributed by atoms with van der Waals surface area (Å²) in [4.78, 5) is 0. The highest BCUT2D eigenvalue weighted by molar-refractivity contribution is 7.87. The Morgan fingerprint density at radius 1 is 1.00 bits per heavy atom. The lowest BCUT2D eigenvalue weighted by Gasteiger charge is -2.11. The molecule has 24 heavy (non-hydrogen) atoms. The minimum atomic E-state index is -5.73. The van der Waals surface area contributed by atoms with Crippen LogP contribution in [0.1, 0.15) is 24.3 Å². The first-order chi connectivity index (χ1) is 10.9. The number of alkyl halides is 6. The van der Waals surface area contributed by atoms with Crippen LogP contribution in [-0.4, -0.2) is 20.3 Å². The van der Waals surface area contributed by atoms with Crippen LogP contribution in [0.3, 0.4) is 0 Å². The Bertz CT molecular complexity index is 718. The normalized spacial score (nSPS) is 19.1. The third-order valence-electron chi connectivity index (χ3n) is 3.13. The first kappa shape index (κ1) is 18.4. The SMILES string of the molecule is O=S(=O)(OC1=CC(c2ccc(OC(F)(F)F)cc2)CC1)C(F)(F)F. The van der Waals surface area contributed by atoms with Crippen molar-refractivity contribution in [2.24, 2.45) is 0 Å². The van der Waals surface area contributed by atoms with E-state index in [2.05, 4.69) is 8.92 Å². The van der Waals surface area contributed by atoms with Gasteiger partial charge in [-0.3, -0.25) is 0 Å². The molecule has 0 radical (unpaired) electrons. The molecule has 0 amide bonds. The maximum absolute atomic E-state index is 12.2. The third kappa shape index (κ3) is 4.56. The summed E-state index contributed by atoms with van der Waals surface area (Å²) in [6, 6.07) is 4.73. The molecule has 1 unspecified atom stereocenters. The number of hydrogen-bond donors (Lipinski definition) is 0. The van der Waals surface area contributed by atoms with Crippen molar-refractivity contribution in [1.29, 1.82) is 0 Å². The summed E-state index contributed by atoms with van der Waals surface area (Å²) in [7, 11) is -5.73. The predicted octanol–water partition coefficient (Wildman–Crippen LogP) is 4.21. The maximum Gasteiger partial charge on any atom is 0.573 e. The van der Waals surface area contributed by atoms with E-state index in [4.69, 9.17) is 0 Å². The Labute approximate surface area is 132 Å². The van der Waals surface area contributed by atoms with E-state index >= 15 is 0 Å². The summed E-state index contributed by atoms with van der Waals surface area (Å²) in [5.74, 6) is -1.26. The average molecular weight is 376 g/mol. The van der Waals surface area contributed by atoms with Crippen molar-refractivity contribution >= 4 is 10.1 Å². The molecule has 1 atom stereocenters. The van der Waals surface area contributed by atoms with E-state index in [0.29, 0.717) is 5.56 Å². The van der Waals surface area contributed by atoms with Gasteiger partial charge in [0, 0.05) is 12.3 Å². The van der Waals surface area contributed by atoms with Crippen molar-refractivity contribution in [2.75, 3.05) is 0 Å². The number of halogens is 6. The van der Waals surface area contributed by atoms with Gasteiger partial charge in [0.05, 0.1) is 0 Å². The molecule has 0 aliphatic heterocycles. The van der Waals surface area contributed by atoms with Gasteiger partial charge in [-0.25, -0.2) is 0 Å². The van der Waals surface area contributed by atoms with Crippen molar-refractivity contribution in [2.45, 2.75) is 30.6 Å². The van der Waals surface area contributed by atoms with E-state index in [1.807, 2.05) is 0 Å². The standard InChI is InChI=1S/C13H10F6O4S/c14-12(15,16)22-10-4-1-8(2-5-10)9-3-6-11(7-9)23-24(20,21)13(17,18)19/h1-2,4-5,7,9H,3,6H2. The van der Waals surface area contributed by atoms with Gasteiger partial charge in [-0.05, 0) is 30.2 Å². The van der Waals surface area contributed by atoms with Crippen molar-refractivity contribution in [3.05, 3.63) is 41.7 Å². The summed E-state index contributed by atoms with van der Waals surface area (Å²) in [6.07, 6.45) is -3.41. The fraction of sp³-hybridized carbons (Fsp3) is 0.385. The number of hydrogen-bond acceptors (Lipinski definition) is 4. The van der Waals surface area contributed by atoms with Crippen LogP contribution >= 0.6 is 0 Å². The lowest BCUT2D eigenvalue weighted by molar-refractivity contribution is -0.274. The lowest BCUT2D eigenvalue weighted by atomic mass is 9.99. The highest BCUT2D eigenvalue weighted by Gasteiger charge is 2.49. The zero-order chi connectivity index (χ0) is 18.2. The van der Waals surface area contributed by atoms with Crippen LogP contribution < -0.4 is 4.74 Å². The van der Waals surface area contributed by atoms with Gasteiger partial charge in [-0.1, -0.05) is 12.1 Å². The predicted molar refractivity (Wildman–Crippen MR) is 69.2 cm³/mol. The molecular formula is C13H10F6O4S. The second-order valence-corrected chi connectivity index (χ2v) is 6.42. The fourth-order valence-electron chi connectivity index (χ4n) is 2.13. The number of allylic oxidation sites excluding steroid dienone is 2. The molecule has 2 rings (SSSR count). The van der Waals surface area contributed by atoms with Crippen LogP contribution in [0.2, 0.25) is 0 Å². The molecule has 0 spiro atoms. The molecule has 1 aliphatic rings. The van der Waals surface area contributed by atoms with Crippen LogP contribution in [0.4, 0.5) is 26.3 Å². The van der Waals surface area contributed by atoms with Gasteiger partial charge in [0.2, 0.25) is 0 Å². The molecular weight excluding hydrogens is 366 g/mol. The van der Waals surface area contributed by atoms with Crippen LogP contribution in [0.25, 0.3) is 0 Å².